The van der Waals surface area contributed by atoms with Crippen molar-refractivity contribution >= 4 is 5.69 Å². The van der Waals surface area contributed by atoms with E-state index in [4.69, 9.17) is 4.74 Å². The summed E-state index contributed by atoms with van der Waals surface area (Å²) in [7, 11) is 1.65. The largest absolute Gasteiger partial charge is 0.493 e. The molecule has 0 fully saturated rings. The van der Waals surface area contributed by atoms with Crippen molar-refractivity contribution in [2.24, 2.45) is 0 Å². The molecule has 0 amide bonds. The normalized spacial score (nSPS) is 10.3. The summed E-state index contributed by atoms with van der Waals surface area (Å²) in [6, 6.07) is 6.06. The number of ether oxygens (including phenoxy) is 1. The van der Waals surface area contributed by atoms with Gasteiger partial charge in [-0.3, -0.25) is 9.97 Å². The molecule has 2 heterocycles. The molecule has 0 radical (unpaired) electrons. The lowest BCUT2D eigenvalue weighted by Crippen LogP contribution is -2.06. The van der Waals surface area contributed by atoms with E-state index in [1.54, 1.807) is 13.3 Å². The number of rotatable bonds is 5. The fraction of sp³-hybridized carbons (Fsp3) is 0.333. The average Bonchev–Trinajstić information content (AvgIpc) is 2.45. The molecule has 0 saturated heterocycles. The van der Waals surface area contributed by atoms with Gasteiger partial charge in [0.05, 0.1) is 31.2 Å². The first-order chi connectivity index (χ1) is 9.24. The van der Waals surface area contributed by atoms with Crippen molar-refractivity contribution in [3.05, 3.63) is 47.5 Å². The number of hydrogen-bond acceptors (Lipinski definition) is 4. The Balaban J connectivity index is 2.16. The molecule has 0 saturated carbocycles. The van der Waals surface area contributed by atoms with E-state index in [9.17, 15) is 0 Å². The van der Waals surface area contributed by atoms with Crippen LogP contribution in [0.2, 0.25) is 0 Å². The molecule has 1 N–H and O–H groups in total. The Hall–Kier alpha value is -2.10. The van der Waals surface area contributed by atoms with Gasteiger partial charge in [0.1, 0.15) is 0 Å². The molecule has 100 valence electrons. The molecule has 0 aliphatic heterocycles. The highest BCUT2D eigenvalue weighted by Crippen LogP contribution is 2.24. The number of nitrogens with zero attached hydrogens (tertiary/aromatic N) is 2. The van der Waals surface area contributed by atoms with E-state index in [1.165, 1.54) is 5.56 Å². The van der Waals surface area contributed by atoms with E-state index in [-0.39, 0.29) is 0 Å². The molecule has 0 spiro atoms. The molecule has 4 heteroatoms. The highest BCUT2D eigenvalue weighted by molar-refractivity contribution is 5.56. The van der Waals surface area contributed by atoms with E-state index < -0.39 is 0 Å². The lowest BCUT2D eigenvalue weighted by atomic mass is 10.1. The second kappa shape index (κ2) is 6.18. The Morgan fingerprint density at radius 2 is 2.16 bits per heavy atom. The minimum absolute atomic E-state index is 0.684. The second-order valence-electron chi connectivity index (χ2n) is 4.34. The summed E-state index contributed by atoms with van der Waals surface area (Å²) in [5, 5.41) is 3.37. The van der Waals surface area contributed by atoms with Crippen LogP contribution in [0.15, 0.2) is 30.6 Å². The van der Waals surface area contributed by atoms with Crippen molar-refractivity contribution in [2.45, 2.75) is 26.8 Å². The van der Waals surface area contributed by atoms with Crippen molar-refractivity contribution in [3.8, 4) is 5.75 Å². The number of anilines is 1. The highest BCUT2D eigenvalue weighted by Gasteiger charge is 2.06. The maximum atomic E-state index is 5.30. The Morgan fingerprint density at radius 1 is 1.32 bits per heavy atom. The first-order valence-electron chi connectivity index (χ1n) is 6.42. The summed E-state index contributed by atoms with van der Waals surface area (Å²) in [5.41, 5.74) is 4.24. The van der Waals surface area contributed by atoms with Crippen LogP contribution in [0.3, 0.4) is 0 Å². The smallest absolute Gasteiger partial charge is 0.160 e. The maximum Gasteiger partial charge on any atom is 0.160 e. The number of nitrogens with one attached hydrogen (secondary N) is 1. The molecular formula is C15H19N3O. The monoisotopic (exact) mass is 257 g/mol. The zero-order valence-electron chi connectivity index (χ0n) is 11.6. The van der Waals surface area contributed by atoms with Gasteiger partial charge in [-0.15, -0.1) is 0 Å². The van der Waals surface area contributed by atoms with Crippen LogP contribution in [-0.2, 0) is 13.0 Å². The second-order valence-corrected chi connectivity index (χ2v) is 4.34. The molecule has 0 unspecified atom stereocenters. The SMILES string of the molecule is CCc1cccnc1CNc1cc(C)ncc1OC. The third-order valence-corrected chi connectivity index (χ3v) is 3.04. The van der Waals surface area contributed by atoms with E-state index in [0.717, 1.165) is 29.2 Å². The van der Waals surface area contributed by atoms with E-state index in [1.807, 2.05) is 25.3 Å². The Morgan fingerprint density at radius 3 is 2.89 bits per heavy atom. The van der Waals surface area contributed by atoms with Gasteiger partial charge < -0.3 is 10.1 Å². The van der Waals surface area contributed by atoms with Crippen molar-refractivity contribution < 1.29 is 4.74 Å². The van der Waals surface area contributed by atoms with Crippen LogP contribution >= 0.6 is 0 Å². The van der Waals surface area contributed by atoms with E-state index in [2.05, 4.69) is 28.3 Å². The van der Waals surface area contributed by atoms with E-state index >= 15 is 0 Å². The number of aryl methyl sites for hydroxylation is 2. The molecular weight excluding hydrogens is 238 g/mol. The summed E-state index contributed by atoms with van der Waals surface area (Å²) >= 11 is 0. The molecule has 4 nitrogen and oxygen atoms in total. The predicted octanol–water partition coefficient (Wildman–Crippen LogP) is 2.97. The quantitative estimate of drug-likeness (QED) is 0.894. The Bertz CT molecular complexity index is 555. The van der Waals surface area contributed by atoms with Crippen LogP contribution in [0, 0.1) is 6.92 Å². The number of pyridine rings is 2. The Kier molecular flexibility index (Phi) is 4.34. The lowest BCUT2D eigenvalue weighted by molar-refractivity contribution is 0.414. The third-order valence-electron chi connectivity index (χ3n) is 3.04. The number of methoxy groups -OCH3 is 1. The van der Waals surface area contributed by atoms with E-state index in [0.29, 0.717) is 6.54 Å². The van der Waals surface area contributed by atoms with Crippen LogP contribution in [0.25, 0.3) is 0 Å². The summed E-state index contributed by atoms with van der Waals surface area (Å²) in [6.07, 6.45) is 4.54. The average molecular weight is 257 g/mol. The van der Waals surface area contributed by atoms with Gasteiger partial charge in [-0.2, -0.15) is 0 Å². The zero-order valence-corrected chi connectivity index (χ0v) is 11.6. The van der Waals surface area contributed by atoms with Crippen LogP contribution in [0.1, 0.15) is 23.9 Å². The first kappa shape index (κ1) is 13.3. The highest BCUT2D eigenvalue weighted by atomic mass is 16.5. The van der Waals surface area contributed by atoms with Crippen LogP contribution in [0.5, 0.6) is 5.75 Å². The third kappa shape index (κ3) is 3.22. The van der Waals surface area contributed by atoms with Gasteiger partial charge in [0.2, 0.25) is 0 Å². The molecule has 19 heavy (non-hydrogen) atoms. The molecule has 0 aliphatic rings. The van der Waals surface area contributed by atoms with Gasteiger partial charge >= 0.3 is 0 Å². The summed E-state index contributed by atoms with van der Waals surface area (Å²) in [5.74, 6) is 0.750. The summed E-state index contributed by atoms with van der Waals surface area (Å²) < 4.78 is 5.30. The molecule has 2 aromatic rings. The van der Waals surface area contributed by atoms with Crippen LogP contribution in [0.4, 0.5) is 5.69 Å². The van der Waals surface area contributed by atoms with Crippen molar-refractivity contribution in [3.63, 3.8) is 0 Å². The number of aromatic nitrogens is 2. The van der Waals surface area contributed by atoms with Crippen LogP contribution < -0.4 is 10.1 Å². The fourth-order valence-electron chi connectivity index (χ4n) is 1.98. The molecule has 0 aromatic carbocycles. The van der Waals surface area contributed by atoms with Gasteiger partial charge in [0.15, 0.2) is 5.75 Å². The maximum absolute atomic E-state index is 5.30. The standard InChI is InChI=1S/C15H19N3O/c1-4-12-6-5-7-16-14(12)9-18-13-8-11(2)17-10-15(13)19-3/h5-8,10H,4,9H2,1-3H3,(H,17,18). The predicted molar refractivity (Wildman–Crippen MR) is 76.5 cm³/mol. The summed E-state index contributed by atoms with van der Waals surface area (Å²) in [4.78, 5) is 8.64. The molecule has 2 aromatic heterocycles. The van der Waals surface area contributed by atoms with Crippen molar-refractivity contribution in [2.75, 3.05) is 12.4 Å². The topological polar surface area (TPSA) is 47.0 Å². The van der Waals surface area contributed by atoms with Gasteiger partial charge in [0.25, 0.3) is 0 Å². The van der Waals surface area contributed by atoms with Gasteiger partial charge in [-0.1, -0.05) is 13.0 Å². The molecule has 0 aliphatic carbocycles. The van der Waals surface area contributed by atoms with Gasteiger partial charge in [0, 0.05) is 11.9 Å². The molecule has 0 bridgehead atoms. The fourth-order valence-corrected chi connectivity index (χ4v) is 1.98. The van der Waals surface area contributed by atoms with Crippen molar-refractivity contribution in [1.82, 2.24) is 9.97 Å². The Labute approximate surface area is 113 Å². The zero-order chi connectivity index (χ0) is 13.7. The van der Waals surface area contributed by atoms with Crippen LogP contribution in [-0.4, -0.2) is 17.1 Å². The minimum Gasteiger partial charge on any atom is -0.493 e. The lowest BCUT2D eigenvalue weighted by Gasteiger charge is -2.12. The van der Waals surface area contributed by atoms with Gasteiger partial charge in [-0.25, -0.2) is 0 Å². The number of hydrogen-bond donors (Lipinski definition) is 1. The van der Waals surface area contributed by atoms with Gasteiger partial charge in [-0.05, 0) is 31.0 Å². The summed E-state index contributed by atoms with van der Waals surface area (Å²) in [6.45, 7) is 4.78. The minimum atomic E-state index is 0.684. The molecule has 0 atom stereocenters. The molecule has 2 rings (SSSR count). The first-order valence-corrected chi connectivity index (χ1v) is 6.42. The van der Waals surface area contributed by atoms with Crippen molar-refractivity contribution in [1.29, 1.82) is 0 Å².